The molecular formula is C13H9N3O2S. The molecular weight excluding hydrogens is 262 g/mol. The number of rotatable bonds is 2. The Morgan fingerprint density at radius 3 is 2.95 bits per heavy atom. The number of hydrogen-bond acceptors (Lipinski definition) is 5. The molecule has 2 aromatic heterocycles. The Morgan fingerprint density at radius 1 is 1.37 bits per heavy atom. The zero-order chi connectivity index (χ0) is 13.4. The van der Waals surface area contributed by atoms with Crippen LogP contribution in [0.5, 0.6) is 0 Å². The van der Waals surface area contributed by atoms with E-state index in [9.17, 15) is 4.79 Å². The summed E-state index contributed by atoms with van der Waals surface area (Å²) in [6, 6.07) is 5.20. The van der Waals surface area contributed by atoms with E-state index < -0.39 is 0 Å². The van der Waals surface area contributed by atoms with Crippen LogP contribution in [0.4, 0.5) is 0 Å². The second-order valence-electron chi connectivity index (χ2n) is 4.03. The SMILES string of the molecule is Cn1c(=S)oc2cc(C(=O)c3cnccn3)ccc21. The molecule has 0 saturated heterocycles. The van der Waals surface area contributed by atoms with Gasteiger partial charge in [-0.2, -0.15) is 0 Å². The average Bonchev–Trinajstić information content (AvgIpc) is 2.74. The highest BCUT2D eigenvalue weighted by Gasteiger charge is 2.13. The molecule has 0 atom stereocenters. The van der Waals surface area contributed by atoms with Crippen molar-refractivity contribution in [1.82, 2.24) is 14.5 Å². The van der Waals surface area contributed by atoms with Gasteiger partial charge in [0.15, 0.2) is 5.58 Å². The third kappa shape index (κ3) is 1.96. The van der Waals surface area contributed by atoms with E-state index in [2.05, 4.69) is 9.97 Å². The molecule has 19 heavy (non-hydrogen) atoms. The molecule has 0 amide bonds. The van der Waals surface area contributed by atoms with Crippen LogP contribution >= 0.6 is 12.2 Å². The van der Waals surface area contributed by atoms with Crippen LogP contribution in [-0.4, -0.2) is 20.3 Å². The van der Waals surface area contributed by atoms with Crippen LogP contribution in [0.1, 0.15) is 16.1 Å². The summed E-state index contributed by atoms with van der Waals surface area (Å²) in [5.74, 6) is -0.194. The highest BCUT2D eigenvalue weighted by Crippen LogP contribution is 2.19. The second kappa shape index (κ2) is 4.40. The van der Waals surface area contributed by atoms with Crippen molar-refractivity contribution >= 4 is 29.1 Å². The van der Waals surface area contributed by atoms with Crippen molar-refractivity contribution in [3.05, 3.63) is 52.9 Å². The van der Waals surface area contributed by atoms with Gasteiger partial charge in [0.1, 0.15) is 5.69 Å². The van der Waals surface area contributed by atoms with Gasteiger partial charge in [-0.25, -0.2) is 4.98 Å². The fraction of sp³-hybridized carbons (Fsp3) is 0.0769. The molecule has 2 heterocycles. The zero-order valence-corrected chi connectivity index (χ0v) is 10.8. The third-order valence-electron chi connectivity index (χ3n) is 2.85. The van der Waals surface area contributed by atoms with Crippen molar-refractivity contribution in [2.24, 2.45) is 7.05 Å². The van der Waals surface area contributed by atoms with Crippen molar-refractivity contribution in [2.45, 2.75) is 0 Å². The summed E-state index contributed by atoms with van der Waals surface area (Å²) >= 11 is 5.05. The second-order valence-corrected chi connectivity index (χ2v) is 4.38. The molecule has 3 rings (SSSR count). The first kappa shape index (κ1) is 11.7. The van der Waals surface area contributed by atoms with E-state index in [1.807, 2.05) is 7.05 Å². The minimum absolute atomic E-state index is 0.194. The lowest BCUT2D eigenvalue weighted by Gasteiger charge is -1.99. The van der Waals surface area contributed by atoms with Crippen molar-refractivity contribution in [3.8, 4) is 0 Å². The minimum Gasteiger partial charge on any atom is -0.429 e. The molecule has 0 aliphatic rings. The van der Waals surface area contributed by atoms with Gasteiger partial charge in [0.2, 0.25) is 5.78 Å². The summed E-state index contributed by atoms with van der Waals surface area (Å²) in [5, 5.41) is 0. The number of carbonyl (C=O) groups excluding carboxylic acids is 1. The standard InChI is InChI=1S/C13H9N3O2S/c1-16-10-3-2-8(6-11(10)18-13(16)19)12(17)9-7-14-4-5-15-9/h2-7H,1H3. The number of carbonyl (C=O) groups is 1. The number of ketones is 1. The fourth-order valence-electron chi connectivity index (χ4n) is 1.84. The predicted octanol–water partition coefficient (Wildman–Crippen LogP) is 2.52. The molecule has 3 aromatic rings. The Morgan fingerprint density at radius 2 is 2.21 bits per heavy atom. The molecule has 94 valence electrons. The van der Waals surface area contributed by atoms with Crippen LogP contribution in [-0.2, 0) is 7.05 Å². The van der Waals surface area contributed by atoms with Crippen LogP contribution in [0.15, 0.2) is 41.2 Å². The number of hydrogen-bond donors (Lipinski definition) is 0. The minimum atomic E-state index is -0.194. The van der Waals surface area contributed by atoms with Crippen LogP contribution in [0.3, 0.4) is 0 Å². The van der Waals surface area contributed by atoms with Gasteiger partial charge < -0.3 is 8.98 Å². The summed E-state index contributed by atoms with van der Waals surface area (Å²) in [4.78, 5) is 20.5. The van der Waals surface area contributed by atoms with E-state index in [1.54, 1.807) is 22.8 Å². The van der Waals surface area contributed by atoms with E-state index in [4.69, 9.17) is 16.6 Å². The van der Waals surface area contributed by atoms with Crippen LogP contribution in [0.2, 0.25) is 0 Å². The van der Waals surface area contributed by atoms with Gasteiger partial charge >= 0.3 is 0 Å². The first-order valence-electron chi connectivity index (χ1n) is 5.57. The topological polar surface area (TPSA) is 60.9 Å². The first-order valence-corrected chi connectivity index (χ1v) is 5.98. The summed E-state index contributed by atoms with van der Waals surface area (Å²) < 4.78 is 7.17. The molecule has 6 heteroatoms. The molecule has 0 fully saturated rings. The number of benzene rings is 1. The summed E-state index contributed by atoms with van der Waals surface area (Å²) in [6.45, 7) is 0. The molecule has 0 radical (unpaired) electrons. The van der Waals surface area contributed by atoms with Gasteiger partial charge in [0, 0.05) is 25.0 Å². The molecule has 0 aliphatic heterocycles. The van der Waals surface area contributed by atoms with E-state index in [0.717, 1.165) is 5.52 Å². The Labute approximate surface area is 113 Å². The zero-order valence-electron chi connectivity index (χ0n) is 10.0. The Balaban J connectivity index is 2.12. The molecule has 0 N–H and O–H groups in total. The first-order chi connectivity index (χ1) is 9.16. The van der Waals surface area contributed by atoms with Crippen LogP contribution in [0, 0.1) is 4.84 Å². The van der Waals surface area contributed by atoms with Gasteiger partial charge in [-0.05, 0) is 30.4 Å². The van der Waals surface area contributed by atoms with Crippen molar-refractivity contribution in [3.63, 3.8) is 0 Å². The highest BCUT2D eigenvalue weighted by atomic mass is 32.1. The van der Waals surface area contributed by atoms with E-state index in [0.29, 0.717) is 21.7 Å². The molecule has 5 nitrogen and oxygen atoms in total. The molecule has 0 unspecified atom stereocenters. The fourth-order valence-corrected chi connectivity index (χ4v) is 2.03. The Bertz CT molecular complexity index is 821. The number of aryl methyl sites for hydroxylation is 1. The smallest absolute Gasteiger partial charge is 0.269 e. The molecule has 0 bridgehead atoms. The van der Waals surface area contributed by atoms with E-state index in [1.165, 1.54) is 18.6 Å². The number of nitrogens with zero attached hydrogens (tertiary/aromatic N) is 3. The monoisotopic (exact) mass is 271 g/mol. The number of fused-ring (bicyclic) bond motifs is 1. The molecule has 0 saturated carbocycles. The maximum absolute atomic E-state index is 12.2. The lowest BCUT2D eigenvalue weighted by atomic mass is 10.1. The van der Waals surface area contributed by atoms with Crippen LogP contribution in [0.25, 0.3) is 11.1 Å². The lowest BCUT2D eigenvalue weighted by molar-refractivity contribution is 0.103. The highest BCUT2D eigenvalue weighted by molar-refractivity contribution is 7.71. The number of aromatic nitrogens is 3. The lowest BCUT2D eigenvalue weighted by Crippen LogP contribution is -2.04. The molecule has 0 spiro atoms. The maximum Gasteiger partial charge on any atom is 0.269 e. The van der Waals surface area contributed by atoms with Crippen molar-refractivity contribution in [2.75, 3.05) is 0 Å². The Hall–Kier alpha value is -2.34. The molecule has 1 aromatic carbocycles. The van der Waals surface area contributed by atoms with E-state index >= 15 is 0 Å². The average molecular weight is 271 g/mol. The maximum atomic E-state index is 12.2. The summed E-state index contributed by atoms with van der Waals surface area (Å²) in [7, 11) is 1.82. The molecule has 0 aliphatic carbocycles. The van der Waals surface area contributed by atoms with Gasteiger partial charge in [-0.1, -0.05) is 0 Å². The van der Waals surface area contributed by atoms with Crippen molar-refractivity contribution < 1.29 is 9.21 Å². The van der Waals surface area contributed by atoms with Crippen molar-refractivity contribution in [1.29, 1.82) is 0 Å². The Kier molecular flexibility index (Phi) is 2.72. The van der Waals surface area contributed by atoms with Crippen LogP contribution < -0.4 is 0 Å². The summed E-state index contributed by atoms with van der Waals surface area (Å²) in [5.41, 5.74) is 2.23. The predicted molar refractivity (Wildman–Crippen MR) is 71.5 cm³/mol. The van der Waals surface area contributed by atoms with E-state index in [-0.39, 0.29) is 5.78 Å². The van der Waals surface area contributed by atoms with Gasteiger partial charge in [-0.15, -0.1) is 0 Å². The van der Waals surface area contributed by atoms with Gasteiger partial charge in [0.25, 0.3) is 4.84 Å². The van der Waals surface area contributed by atoms with Gasteiger partial charge in [-0.3, -0.25) is 9.78 Å². The normalized spacial score (nSPS) is 10.8. The van der Waals surface area contributed by atoms with Gasteiger partial charge in [0.05, 0.1) is 11.7 Å². The third-order valence-corrected chi connectivity index (χ3v) is 3.21. The quantitative estimate of drug-likeness (QED) is 0.529. The summed E-state index contributed by atoms with van der Waals surface area (Å²) in [6.07, 6.45) is 4.45. The number of oxazole rings is 1. The largest absolute Gasteiger partial charge is 0.429 e.